The van der Waals surface area contributed by atoms with Crippen LogP contribution in [-0.4, -0.2) is 38.5 Å². The average molecular weight is 562 g/mol. The third kappa shape index (κ3) is 6.35. The summed E-state index contributed by atoms with van der Waals surface area (Å²) in [5.41, 5.74) is 2.17. The number of benzene rings is 1. The van der Waals surface area contributed by atoms with Gasteiger partial charge in [-0.15, -0.1) is 0 Å². The Morgan fingerprint density at radius 1 is 1.17 bits per heavy atom. The second-order valence-electron chi connectivity index (χ2n) is 8.90. The molecular weight excluding hydrogens is 535 g/mol. The first-order chi connectivity index (χ1) is 19.5. The highest BCUT2D eigenvalue weighted by molar-refractivity contribution is 6.05. The zero-order valence-corrected chi connectivity index (χ0v) is 22.2. The normalized spacial score (nSPS) is 15.3. The van der Waals surface area contributed by atoms with Crippen molar-refractivity contribution in [3.05, 3.63) is 114 Å². The number of rotatable bonds is 8. The van der Waals surface area contributed by atoms with E-state index in [1.54, 1.807) is 48.4 Å². The Morgan fingerprint density at radius 2 is 1.95 bits per heavy atom. The van der Waals surface area contributed by atoms with Crippen molar-refractivity contribution in [2.75, 3.05) is 16.3 Å². The van der Waals surface area contributed by atoms with E-state index in [1.807, 2.05) is 13.0 Å². The number of hydrogen-bond donors (Lipinski definition) is 2. The molecule has 0 radical (unpaired) electrons. The number of alkyl halides is 3. The number of hydrogen-bond acceptors (Lipinski definition) is 5. The van der Waals surface area contributed by atoms with E-state index in [0.29, 0.717) is 39.8 Å². The molecule has 1 aliphatic rings. The summed E-state index contributed by atoms with van der Waals surface area (Å²) >= 11 is 0. The van der Waals surface area contributed by atoms with Crippen LogP contribution in [0.4, 0.5) is 24.7 Å². The third-order valence-corrected chi connectivity index (χ3v) is 6.15. The first-order valence-electron chi connectivity index (χ1n) is 12.4. The smallest absolute Gasteiger partial charge is 0.416 e. The molecule has 0 spiro atoms. The quantitative estimate of drug-likeness (QED) is 0.244. The first-order valence-corrected chi connectivity index (χ1v) is 12.4. The Kier molecular flexibility index (Phi) is 8.37. The molecule has 4 rings (SSSR count). The van der Waals surface area contributed by atoms with Crippen LogP contribution in [0.25, 0.3) is 16.6 Å². The van der Waals surface area contributed by atoms with Gasteiger partial charge in [0.1, 0.15) is 12.4 Å². The maximum absolute atomic E-state index is 13.4. The van der Waals surface area contributed by atoms with E-state index in [-0.39, 0.29) is 18.0 Å². The van der Waals surface area contributed by atoms with Crippen molar-refractivity contribution in [3.63, 3.8) is 0 Å². The second kappa shape index (κ2) is 11.9. The molecule has 8 nitrogen and oxygen atoms in total. The summed E-state index contributed by atoms with van der Waals surface area (Å²) in [6, 6.07) is 6.86. The molecule has 0 saturated heterocycles. The van der Waals surface area contributed by atoms with Gasteiger partial charge >= 0.3 is 12.1 Å². The summed E-state index contributed by atoms with van der Waals surface area (Å²) in [6.07, 6.45) is 9.33. The number of carbonyl (C=O) groups is 2. The highest BCUT2D eigenvalue weighted by Crippen LogP contribution is 2.36. The van der Waals surface area contributed by atoms with Crippen molar-refractivity contribution in [1.29, 1.82) is 0 Å². The van der Waals surface area contributed by atoms with Gasteiger partial charge < -0.3 is 15.0 Å². The number of H-pyrrole nitrogens is 1. The number of aliphatic carboxylic acids is 1. The number of pyridine rings is 1. The maximum Gasteiger partial charge on any atom is 0.416 e. The van der Waals surface area contributed by atoms with Crippen LogP contribution in [0.1, 0.15) is 25.2 Å². The SMILES string of the molecule is C=C/C(=C\C=C(/C)N1CC(=O)N(C(/C=C\C)=C/C=C/C(=O)O)c2ncccc21)c1nc2ccc(C(F)(F)F)cc2[nH]1. The molecule has 3 heterocycles. The molecule has 0 aliphatic carbocycles. The molecule has 1 amide bonds. The third-order valence-electron chi connectivity index (χ3n) is 6.15. The molecule has 210 valence electrons. The molecular formula is C30H26F3N5O3. The topological polar surface area (TPSA) is 102 Å². The fourth-order valence-corrected chi connectivity index (χ4v) is 4.23. The van der Waals surface area contributed by atoms with Gasteiger partial charge in [0.25, 0.3) is 5.91 Å². The van der Waals surface area contributed by atoms with Gasteiger partial charge in [-0.1, -0.05) is 24.8 Å². The first kappa shape index (κ1) is 28.8. The van der Waals surface area contributed by atoms with E-state index in [0.717, 1.165) is 18.2 Å². The number of aromatic amines is 1. The standard InChI is InChI=1S/C30H26F3N5O3/c1-4-8-22(9-6-11-27(40)41)38-26(39)18-37(25-10-7-16-34-29(25)38)19(3)12-13-20(5-2)28-35-23-15-14-21(30(31,32)33)17-24(23)36-28/h4-17H,2,18H2,1,3H3,(H,35,36)(H,40,41)/b8-4-,11-6+,19-12+,20-13+,22-9+. The summed E-state index contributed by atoms with van der Waals surface area (Å²) < 4.78 is 39.4. The van der Waals surface area contributed by atoms with Gasteiger partial charge in [-0.3, -0.25) is 9.69 Å². The van der Waals surface area contributed by atoms with E-state index < -0.39 is 17.7 Å². The Bertz CT molecular complexity index is 1660. The van der Waals surface area contributed by atoms with E-state index in [2.05, 4.69) is 21.5 Å². The van der Waals surface area contributed by atoms with Crippen molar-refractivity contribution < 1.29 is 27.9 Å². The molecule has 0 unspecified atom stereocenters. The van der Waals surface area contributed by atoms with Crippen molar-refractivity contribution in [3.8, 4) is 0 Å². The molecule has 2 aromatic heterocycles. The number of allylic oxidation sites excluding steroid dienone is 9. The largest absolute Gasteiger partial charge is 0.478 e. The number of carboxylic acid groups (broad SMARTS) is 1. The minimum Gasteiger partial charge on any atom is -0.478 e. The highest BCUT2D eigenvalue weighted by atomic mass is 19.4. The monoisotopic (exact) mass is 561 g/mol. The van der Waals surface area contributed by atoms with Gasteiger partial charge in [0.05, 0.1) is 28.0 Å². The zero-order valence-electron chi connectivity index (χ0n) is 22.2. The van der Waals surface area contributed by atoms with Crippen LogP contribution in [-0.2, 0) is 15.8 Å². The van der Waals surface area contributed by atoms with Crippen molar-refractivity contribution in [2.45, 2.75) is 20.0 Å². The fraction of sp³-hybridized carbons (Fsp3) is 0.133. The van der Waals surface area contributed by atoms with Crippen molar-refractivity contribution >= 4 is 40.0 Å². The minimum atomic E-state index is -4.47. The van der Waals surface area contributed by atoms with E-state index in [1.165, 1.54) is 29.2 Å². The molecule has 11 heteroatoms. The second-order valence-corrected chi connectivity index (χ2v) is 8.90. The molecule has 3 aromatic rings. The van der Waals surface area contributed by atoms with Crippen LogP contribution in [0.3, 0.4) is 0 Å². The Hall–Kier alpha value is -5.19. The lowest BCUT2D eigenvalue weighted by Gasteiger charge is -2.37. The van der Waals surface area contributed by atoms with Gasteiger partial charge in [0, 0.05) is 23.5 Å². The Balaban J connectivity index is 1.68. The lowest BCUT2D eigenvalue weighted by molar-refractivity contribution is -0.137. The molecule has 1 aliphatic heterocycles. The van der Waals surface area contributed by atoms with Gasteiger partial charge in [-0.25, -0.2) is 14.8 Å². The Labute approximate surface area is 233 Å². The number of anilines is 2. The van der Waals surface area contributed by atoms with Crippen molar-refractivity contribution in [2.24, 2.45) is 0 Å². The van der Waals surface area contributed by atoms with Gasteiger partial charge in [-0.05, 0) is 68.5 Å². The molecule has 1 aromatic carbocycles. The Morgan fingerprint density at radius 3 is 2.63 bits per heavy atom. The lowest BCUT2D eigenvalue weighted by Crippen LogP contribution is -2.44. The number of carboxylic acids is 1. The van der Waals surface area contributed by atoms with Crippen LogP contribution < -0.4 is 9.80 Å². The number of nitrogens with zero attached hydrogens (tertiary/aromatic N) is 4. The lowest BCUT2D eigenvalue weighted by atomic mass is 10.1. The minimum absolute atomic E-state index is 0.0271. The number of amides is 1. The number of carbonyl (C=O) groups excluding carboxylic acids is 1. The van der Waals surface area contributed by atoms with Gasteiger partial charge in [0.15, 0.2) is 5.82 Å². The predicted molar refractivity (Wildman–Crippen MR) is 152 cm³/mol. The van der Waals surface area contributed by atoms with Gasteiger partial charge in [0.2, 0.25) is 0 Å². The molecule has 41 heavy (non-hydrogen) atoms. The van der Waals surface area contributed by atoms with Crippen LogP contribution in [0.2, 0.25) is 0 Å². The summed E-state index contributed by atoms with van der Waals surface area (Å²) in [7, 11) is 0. The predicted octanol–water partition coefficient (Wildman–Crippen LogP) is 6.40. The number of halogens is 3. The maximum atomic E-state index is 13.4. The highest BCUT2D eigenvalue weighted by Gasteiger charge is 2.33. The number of nitrogens with one attached hydrogen (secondary N) is 1. The average Bonchev–Trinajstić information content (AvgIpc) is 3.35. The number of imidazole rings is 1. The zero-order chi connectivity index (χ0) is 29.7. The molecule has 2 N–H and O–H groups in total. The van der Waals surface area contributed by atoms with E-state index in [9.17, 15) is 22.8 Å². The van der Waals surface area contributed by atoms with Gasteiger partial charge in [-0.2, -0.15) is 13.2 Å². The van der Waals surface area contributed by atoms with Crippen molar-refractivity contribution in [1.82, 2.24) is 15.0 Å². The summed E-state index contributed by atoms with van der Waals surface area (Å²) in [4.78, 5) is 39.3. The summed E-state index contributed by atoms with van der Waals surface area (Å²) in [5.74, 6) is -0.688. The van der Waals surface area contributed by atoms with E-state index in [4.69, 9.17) is 5.11 Å². The van der Waals surface area contributed by atoms with Crippen LogP contribution in [0, 0.1) is 0 Å². The van der Waals surface area contributed by atoms with Crippen LogP contribution in [0.15, 0.2) is 103 Å². The molecule has 0 bridgehead atoms. The molecule has 0 atom stereocenters. The van der Waals surface area contributed by atoms with E-state index >= 15 is 0 Å². The molecule has 0 fully saturated rings. The fourth-order valence-electron chi connectivity index (χ4n) is 4.23. The molecule has 0 saturated carbocycles. The number of aromatic nitrogens is 3. The summed E-state index contributed by atoms with van der Waals surface area (Å²) in [5, 5.41) is 8.93. The van der Waals surface area contributed by atoms with Crippen LogP contribution >= 0.6 is 0 Å². The summed E-state index contributed by atoms with van der Waals surface area (Å²) in [6.45, 7) is 7.37. The van der Waals surface area contributed by atoms with Crippen LogP contribution in [0.5, 0.6) is 0 Å². The number of fused-ring (bicyclic) bond motifs is 2.